The van der Waals surface area contributed by atoms with Crippen LogP contribution in [0.15, 0.2) is 34.1 Å². The van der Waals surface area contributed by atoms with Crippen molar-refractivity contribution in [3.05, 3.63) is 42.6 Å². The van der Waals surface area contributed by atoms with Crippen LogP contribution in [-0.2, 0) is 0 Å². The molecule has 0 unspecified atom stereocenters. The predicted octanol–water partition coefficient (Wildman–Crippen LogP) is 4.43. The van der Waals surface area contributed by atoms with Crippen molar-refractivity contribution in [2.24, 2.45) is 0 Å². The molecule has 1 N–H and O–H groups in total. The first-order valence-corrected chi connectivity index (χ1v) is 8.25. The van der Waals surface area contributed by atoms with Crippen molar-refractivity contribution in [1.29, 1.82) is 0 Å². The van der Waals surface area contributed by atoms with Crippen molar-refractivity contribution in [3.8, 4) is 0 Å². The molecule has 0 fully saturated rings. The molecule has 0 saturated carbocycles. The Labute approximate surface area is 138 Å². The van der Waals surface area contributed by atoms with Crippen LogP contribution in [0.1, 0.15) is 10.4 Å². The molecule has 2 aromatic rings. The number of nitrogens with one attached hydrogen (secondary N) is 1. The lowest BCUT2D eigenvalue weighted by Crippen LogP contribution is -2.16. The number of anilines is 2. The van der Waals surface area contributed by atoms with Gasteiger partial charge >= 0.3 is 0 Å². The Balaban J connectivity index is 2.27. The van der Waals surface area contributed by atoms with Gasteiger partial charge in [0.1, 0.15) is 0 Å². The SMILES string of the molecule is CN(C)c1ccc(Br)cc1NC(=O)c1csc(I)c1. The summed E-state index contributed by atoms with van der Waals surface area (Å²) in [5, 5.41) is 4.82. The Kier molecular flexibility index (Phi) is 4.86. The van der Waals surface area contributed by atoms with E-state index in [-0.39, 0.29) is 5.91 Å². The molecule has 0 radical (unpaired) electrons. The minimum absolute atomic E-state index is 0.0830. The van der Waals surface area contributed by atoms with Gasteiger partial charge in [0, 0.05) is 23.9 Å². The minimum atomic E-state index is -0.0830. The van der Waals surface area contributed by atoms with Crippen molar-refractivity contribution in [1.82, 2.24) is 0 Å². The van der Waals surface area contributed by atoms with Crippen molar-refractivity contribution >= 4 is 67.1 Å². The number of hydrogen-bond acceptors (Lipinski definition) is 3. The fraction of sp³-hybridized carbons (Fsp3) is 0.154. The molecular weight excluding hydrogens is 439 g/mol. The topological polar surface area (TPSA) is 32.3 Å². The Morgan fingerprint density at radius 2 is 2.11 bits per heavy atom. The normalized spacial score (nSPS) is 10.3. The molecule has 19 heavy (non-hydrogen) atoms. The van der Waals surface area contributed by atoms with E-state index in [9.17, 15) is 4.79 Å². The maximum absolute atomic E-state index is 12.2. The summed E-state index contributed by atoms with van der Waals surface area (Å²) in [6, 6.07) is 7.72. The molecular formula is C13H12BrIN2OS. The molecule has 3 nitrogen and oxygen atoms in total. The van der Waals surface area contributed by atoms with Crippen LogP contribution in [0.3, 0.4) is 0 Å². The number of rotatable bonds is 3. The van der Waals surface area contributed by atoms with E-state index in [1.807, 2.05) is 48.6 Å². The Bertz CT molecular complexity index is 612. The van der Waals surface area contributed by atoms with E-state index < -0.39 is 0 Å². The summed E-state index contributed by atoms with van der Waals surface area (Å²) < 4.78 is 2.04. The first-order valence-electron chi connectivity index (χ1n) is 5.49. The standard InChI is InChI=1S/C13H12BrIN2OS/c1-17(2)11-4-3-9(14)6-10(11)16-13(18)8-5-12(15)19-7-8/h3-7H,1-2H3,(H,16,18). The van der Waals surface area contributed by atoms with Gasteiger partial charge in [-0.1, -0.05) is 15.9 Å². The van der Waals surface area contributed by atoms with Crippen LogP contribution in [0.25, 0.3) is 0 Å². The largest absolute Gasteiger partial charge is 0.376 e. The molecule has 2 rings (SSSR count). The van der Waals surface area contributed by atoms with Gasteiger partial charge < -0.3 is 10.2 Å². The highest BCUT2D eigenvalue weighted by atomic mass is 127. The van der Waals surface area contributed by atoms with Crippen LogP contribution in [0, 0.1) is 2.88 Å². The van der Waals surface area contributed by atoms with Crippen LogP contribution in [0.5, 0.6) is 0 Å². The van der Waals surface area contributed by atoms with E-state index >= 15 is 0 Å². The van der Waals surface area contributed by atoms with E-state index in [0.29, 0.717) is 5.56 Å². The molecule has 6 heteroatoms. The summed E-state index contributed by atoms with van der Waals surface area (Å²) in [7, 11) is 3.90. The first-order chi connectivity index (χ1) is 8.97. The van der Waals surface area contributed by atoms with Gasteiger partial charge in [-0.15, -0.1) is 11.3 Å². The maximum atomic E-state index is 12.2. The zero-order valence-electron chi connectivity index (χ0n) is 10.4. The van der Waals surface area contributed by atoms with Crippen LogP contribution in [0.2, 0.25) is 0 Å². The molecule has 1 aromatic carbocycles. The van der Waals surface area contributed by atoms with Crippen molar-refractivity contribution < 1.29 is 4.79 Å². The van der Waals surface area contributed by atoms with Crippen LogP contribution >= 0.6 is 49.9 Å². The lowest BCUT2D eigenvalue weighted by Gasteiger charge is -2.18. The Morgan fingerprint density at radius 3 is 2.68 bits per heavy atom. The number of carbonyl (C=O) groups excluding carboxylic acids is 1. The maximum Gasteiger partial charge on any atom is 0.256 e. The zero-order valence-corrected chi connectivity index (χ0v) is 15.0. The summed E-state index contributed by atoms with van der Waals surface area (Å²) >= 11 is 7.20. The smallest absolute Gasteiger partial charge is 0.256 e. The number of nitrogens with zero attached hydrogens (tertiary/aromatic N) is 1. The second kappa shape index (κ2) is 6.23. The molecule has 0 aliphatic carbocycles. The fourth-order valence-electron chi connectivity index (χ4n) is 1.62. The molecule has 0 aliphatic rings. The average Bonchev–Trinajstić information content (AvgIpc) is 2.75. The summed E-state index contributed by atoms with van der Waals surface area (Å²) in [5.74, 6) is -0.0830. The van der Waals surface area contributed by atoms with Gasteiger partial charge in [-0.25, -0.2) is 0 Å². The second-order valence-corrected chi connectivity index (χ2v) is 7.87. The number of carbonyl (C=O) groups is 1. The molecule has 0 spiro atoms. The first kappa shape index (κ1) is 14.8. The van der Waals surface area contributed by atoms with E-state index in [1.165, 1.54) is 0 Å². The highest BCUT2D eigenvalue weighted by Gasteiger charge is 2.12. The van der Waals surface area contributed by atoms with Crippen LogP contribution in [-0.4, -0.2) is 20.0 Å². The molecule has 100 valence electrons. The van der Waals surface area contributed by atoms with Gasteiger partial charge in [0.25, 0.3) is 5.91 Å². The van der Waals surface area contributed by atoms with Crippen LogP contribution in [0.4, 0.5) is 11.4 Å². The lowest BCUT2D eigenvalue weighted by atomic mass is 10.2. The van der Waals surface area contributed by atoms with Gasteiger partial charge in [-0.05, 0) is 46.9 Å². The molecule has 0 aliphatic heterocycles. The Morgan fingerprint density at radius 1 is 1.37 bits per heavy atom. The van der Waals surface area contributed by atoms with Gasteiger partial charge in [-0.3, -0.25) is 4.79 Å². The quantitative estimate of drug-likeness (QED) is 0.701. The minimum Gasteiger partial charge on any atom is -0.376 e. The third-order valence-electron chi connectivity index (χ3n) is 2.52. The van der Waals surface area contributed by atoms with E-state index in [1.54, 1.807) is 11.3 Å². The molecule has 0 bridgehead atoms. The molecule has 0 atom stereocenters. The van der Waals surface area contributed by atoms with E-state index in [2.05, 4.69) is 43.8 Å². The van der Waals surface area contributed by atoms with Gasteiger partial charge in [-0.2, -0.15) is 0 Å². The van der Waals surface area contributed by atoms with E-state index in [0.717, 1.165) is 18.7 Å². The van der Waals surface area contributed by atoms with Gasteiger partial charge in [0.15, 0.2) is 0 Å². The van der Waals surface area contributed by atoms with Crippen LogP contribution < -0.4 is 10.2 Å². The lowest BCUT2D eigenvalue weighted by molar-refractivity contribution is 0.102. The second-order valence-electron chi connectivity index (χ2n) is 4.15. The molecule has 0 saturated heterocycles. The summed E-state index contributed by atoms with van der Waals surface area (Å²) in [6.45, 7) is 0. The average molecular weight is 451 g/mol. The summed E-state index contributed by atoms with van der Waals surface area (Å²) in [5.41, 5.74) is 2.46. The summed E-state index contributed by atoms with van der Waals surface area (Å²) in [4.78, 5) is 14.1. The third-order valence-corrected chi connectivity index (χ3v) is 4.80. The van der Waals surface area contributed by atoms with Crippen molar-refractivity contribution in [2.45, 2.75) is 0 Å². The molecule has 1 aromatic heterocycles. The van der Waals surface area contributed by atoms with Gasteiger partial charge in [0.2, 0.25) is 0 Å². The highest BCUT2D eigenvalue weighted by Crippen LogP contribution is 2.29. The molecule has 1 amide bonds. The van der Waals surface area contributed by atoms with Crippen molar-refractivity contribution in [2.75, 3.05) is 24.3 Å². The number of hydrogen-bond donors (Lipinski definition) is 1. The number of thiophene rings is 1. The van der Waals surface area contributed by atoms with E-state index in [4.69, 9.17) is 0 Å². The Hall–Kier alpha value is -0.600. The van der Waals surface area contributed by atoms with Crippen molar-refractivity contribution in [3.63, 3.8) is 0 Å². The number of benzene rings is 1. The third kappa shape index (κ3) is 3.70. The monoisotopic (exact) mass is 450 g/mol. The number of amides is 1. The zero-order chi connectivity index (χ0) is 14.0. The fourth-order valence-corrected chi connectivity index (χ4v) is 3.31. The summed E-state index contributed by atoms with van der Waals surface area (Å²) in [6.07, 6.45) is 0. The number of halogens is 2. The predicted molar refractivity (Wildman–Crippen MR) is 93.5 cm³/mol. The van der Waals surface area contributed by atoms with Gasteiger partial charge in [0.05, 0.1) is 19.8 Å². The highest BCUT2D eigenvalue weighted by molar-refractivity contribution is 14.1. The molecule has 1 heterocycles.